The number of esters is 1. The van der Waals surface area contributed by atoms with Crippen molar-refractivity contribution in [3.63, 3.8) is 0 Å². The normalized spacial score (nSPS) is 11.6. The van der Waals surface area contributed by atoms with Gasteiger partial charge in [-0.05, 0) is 12.1 Å². The number of hydrogen-bond acceptors (Lipinski definition) is 5. The van der Waals surface area contributed by atoms with Gasteiger partial charge in [-0.1, -0.05) is 18.2 Å². The fourth-order valence-corrected chi connectivity index (χ4v) is 1.24. The number of carboxylic acids is 1. The van der Waals surface area contributed by atoms with E-state index in [0.717, 1.165) is 0 Å². The molecule has 18 heavy (non-hydrogen) atoms. The van der Waals surface area contributed by atoms with Crippen LogP contribution in [0.25, 0.3) is 0 Å². The van der Waals surface area contributed by atoms with E-state index in [2.05, 4.69) is 4.74 Å². The first-order valence-electron chi connectivity index (χ1n) is 5.10. The SMILES string of the molecule is O=C(O)CCC(=O)OC(c1ccccc1)[N+](=O)[O-]. The van der Waals surface area contributed by atoms with Gasteiger partial charge in [0.25, 0.3) is 0 Å². The predicted molar refractivity (Wildman–Crippen MR) is 59.1 cm³/mol. The lowest BCUT2D eigenvalue weighted by Gasteiger charge is -2.10. The van der Waals surface area contributed by atoms with Gasteiger partial charge >= 0.3 is 18.2 Å². The number of rotatable bonds is 6. The monoisotopic (exact) mass is 253 g/mol. The van der Waals surface area contributed by atoms with Crippen molar-refractivity contribution in [3.8, 4) is 0 Å². The van der Waals surface area contributed by atoms with Crippen LogP contribution in [-0.4, -0.2) is 22.0 Å². The Morgan fingerprint density at radius 2 is 1.89 bits per heavy atom. The van der Waals surface area contributed by atoms with E-state index in [1.165, 1.54) is 12.1 Å². The minimum atomic E-state index is -1.60. The van der Waals surface area contributed by atoms with Crippen LogP contribution in [0.2, 0.25) is 0 Å². The summed E-state index contributed by atoms with van der Waals surface area (Å²) in [5.41, 5.74) is 0.228. The van der Waals surface area contributed by atoms with Crippen molar-refractivity contribution in [3.05, 3.63) is 46.0 Å². The lowest BCUT2D eigenvalue weighted by atomic mass is 10.2. The molecular formula is C11H11NO6. The molecule has 7 nitrogen and oxygen atoms in total. The van der Waals surface area contributed by atoms with E-state index >= 15 is 0 Å². The Hall–Kier alpha value is -2.44. The molecule has 1 unspecified atom stereocenters. The van der Waals surface area contributed by atoms with Crippen LogP contribution in [0, 0.1) is 10.1 Å². The van der Waals surface area contributed by atoms with Crippen molar-refractivity contribution in [1.29, 1.82) is 0 Å². The Bertz CT molecular complexity index is 444. The molecule has 1 aromatic rings. The van der Waals surface area contributed by atoms with Crippen molar-refractivity contribution in [2.75, 3.05) is 0 Å². The van der Waals surface area contributed by atoms with Crippen LogP contribution in [-0.2, 0) is 14.3 Å². The van der Waals surface area contributed by atoms with Crippen molar-refractivity contribution < 1.29 is 24.4 Å². The highest BCUT2D eigenvalue weighted by atomic mass is 16.7. The summed E-state index contributed by atoms with van der Waals surface area (Å²) in [5.74, 6) is -2.08. The molecule has 0 amide bonds. The fraction of sp³-hybridized carbons (Fsp3) is 0.273. The van der Waals surface area contributed by atoms with Gasteiger partial charge in [0.2, 0.25) is 0 Å². The fourth-order valence-electron chi connectivity index (χ4n) is 1.24. The number of nitro groups is 1. The number of carbonyl (C=O) groups excluding carboxylic acids is 1. The quantitative estimate of drug-likeness (QED) is 0.355. The summed E-state index contributed by atoms with van der Waals surface area (Å²) in [4.78, 5) is 31.5. The van der Waals surface area contributed by atoms with Gasteiger partial charge < -0.3 is 9.84 Å². The maximum atomic E-state index is 11.2. The minimum Gasteiger partial charge on any atom is -0.481 e. The Kier molecular flexibility index (Phi) is 4.79. The van der Waals surface area contributed by atoms with Crippen LogP contribution in [0.15, 0.2) is 30.3 Å². The Balaban J connectivity index is 2.67. The van der Waals surface area contributed by atoms with Crippen LogP contribution in [0.3, 0.4) is 0 Å². The van der Waals surface area contributed by atoms with Crippen molar-refractivity contribution in [2.24, 2.45) is 0 Å². The van der Waals surface area contributed by atoms with E-state index in [0.29, 0.717) is 0 Å². The molecule has 0 heterocycles. The third-order valence-corrected chi connectivity index (χ3v) is 2.06. The lowest BCUT2D eigenvalue weighted by Crippen LogP contribution is -2.19. The van der Waals surface area contributed by atoms with Crippen LogP contribution in [0.4, 0.5) is 0 Å². The molecule has 0 bridgehead atoms. The average molecular weight is 253 g/mol. The van der Waals surface area contributed by atoms with Gasteiger partial charge in [0.1, 0.15) is 0 Å². The largest absolute Gasteiger partial charge is 0.481 e. The van der Waals surface area contributed by atoms with E-state index in [1.807, 2.05) is 0 Å². The molecule has 0 spiro atoms. The highest BCUT2D eigenvalue weighted by Crippen LogP contribution is 2.18. The molecule has 0 aliphatic rings. The zero-order valence-corrected chi connectivity index (χ0v) is 9.31. The molecule has 0 fully saturated rings. The van der Waals surface area contributed by atoms with E-state index in [-0.39, 0.29) is 5.56 Å². The second kappa shape index (κ2) is 6.33. The lowest BCUT2D eigenvalue weighted by molar-refractivity contribution is -0.576. The number of hydrogen-bond donors (Lipinski definition) is 1. The molecule has 0 aliphatic carbocycles. The summed E-state index contributed by atoms with van der Waals surface area (Å²) in [7, 11) is 0. The molecule has 7 heteroatoms. The number of carboxylic acid groups (broad SMARTS) is 1. The molecule has 1 N–H and O–H groups in total. The first kappa shape index (κ1) is 13.6. The third-order valence-electron chi connectivity index (χ3n) is 2.06. The summed E-state index contributed by atoms with van der Waals surface area (Å²) in [5, 5.41) is 19.2. The highest BCUT2D eigenvalue weighted by molar-refractivity contribution is 5.76. The Labute approximate surface area is 102 Å². The standard InChI is InChI=1S/C11H11NO6/c13-9(14)6-7-10(15)18-11(12(16)17)8-4-2-1-3-5-8/h1-5,11H,6-7H2,(H,13,14). The summed E-state index contributed by atoms with van der Waals surface area (Å²) in [6, 6.07) is 7.75. The van der Waals surface area contributed by atoms with Crippen molar-refractivity contribution in [2.45, 2.75) is 19.1 Å². The molecule has 0 saturated heterocycles. The zero-order valence-electron chi connectivity index (χ0n) is 9.31. The highest BCUT2D eigenvalue weighted by Gasteiger charge is 2.26. The Morgan fingerprint density at radius 3 is 2.39 bits per heavy atom. The van der Waals surface area contributed by atoms with E-state index < -0.39 is 35.9 Å². The van der Waals surface area contributed by atoms with Gasteiger partial charge in [0.15, 0.2) is 0 Å². The molecule has 0 saturated carbocycles. The number of ether oxygens (including phenoxy) is 1. The van der Waals surface area contributed by atoms with Crippen LogP contribution >= 0.6 is 0 Å². The second-order valence-corrected chi connectivity index (χ2v) is 3.43. The summed E-state index contributed by atoms with van der Waals surface area (Å²) in [6.07, 6.45) is -2.42. The Morgan fingerprint density at radius 1 is 1.28 bits per heavy atom. The van der Waals surface area contributed by atoms with E-state index in [4.69, 9.17) is 5.11 Å². The number of nitrogens with zero attached hydrogens (tertiary/aromatic N) is 1. The molecule has 1 rings (SSSR count). The predicted octanol–water partition coefficient (Wildman–Crippen LogP) is 1.37. The number of benzene rings is 1. The zero-order chi connectivity index (χ0) is 13.5. The van der Waals surface area contributed by atoms with Crippen LogP contribution < -0.4 is 0 Å². The topological polar surface area (TPSA) is 107 Å². The van der Waals surface area contributed by atoms with Gasteiger partial charge in [0.05, 0.1) is 23.3 Å². The second-order valence-electron chi connectivity index (χ2n) is 3.43. The molecule has 1 aromatic carbocycles. The first-order valence-corrected chi connectivity index (χ1v) is 5.10. The van der Waals surface area contributed by atoms with Crippen LogP contribution in [0.5, 0.6) is 0 Å². The molecular weight excluding hydrogens is 242 g/mol. The summed E-state index contributed by atoms with van der Waals surface area (Å²) < 4.78 is 4.65. The molecule has 0 radical (unpaired) electrons. The number of aliphatic carboxylic acids is 1. The summed E-state index contributed by atoms with van der Waals surface area (Å²) in [6.45, 7) is 0. The van der Waals surface area contributed by atoms with Crippen molar-refractivity contribution >= 4 is 11.9 Å². The maximum absolute atomic E-state index is 11.2. The van der Waals surface area contributed by atoms with Crippen molar-refractivity contribution in [1.82, 2.24) is 0 Å². The first-order chi connectivity index (χ1) is 8.50. The van der Waals surface area contributed by atoms with Gasteiger partial charge in [-0.25, -0.2) is 0 Å². The van der Waals surface area contributed by atoms with Gasteiger partial charge in [-0.15, -0.1) is 0 Å². The smallest absolute Gasteiger partial charge is 0.382 e. The van der Waals surface area contributed by atoms with E-state index in [1.54, 1.807) is 18.2 Å². The average Bonchev–Trinajstić information content (AvgIpc) is 2.34. The molecule has 1 atom stereocenters. The van der Waals surface area contributed by atoms with Gasteiger partial charge in [0, 0.05) is 0 Å². The third kappa shape index (κ3) is 4.20. The maximum Gasteiger partial charge on any atom is 0.382 e. The minimum absolute atomic E-state index is 0.228. The molecule has 0 aromatic heterocycles. The molecule has 96 valence electrons. The molecule has 0 aliphatic heterocycles. The number of carbonyl (C=O) groups is 2. The van der Waals surface area contributed by atoms with E-state index in [9.17, 15) is 19.7 Å². The van der Waals surface area contributed by atoms with Gasteiger partial charge in [-0.3, -0.25) is 19.7 Å². The van der Waals surface area contributed by atoms with Gasteiger partial charge in [-0.2, -0.15) is 0 Å². The summed E-state index contributed by atoms with van der Waals surface area (Å²) >= 11 is 0. The van der Waals surface area contributed by atoms with Crippen LogP contribution in [0.1, 0.15) is 24.6 Å².